The quantitative estimate of drug-likeness (QED) is 0.765. The highest BCUT2D eigenvalue weighted by molar-refractivity contribution is 9.10. The number of hydrogen-bond acceptors (Lipinski definition) is 2. The van der Waals surface area contributed by atoms with Gasteiger partial charge in [-0.3, -0.25) is 9.59 Å². The third-order valence-electron chi connectivity index (χ3n) is 3.16. The standard InChI is InChI=1S/C18H16BrFN2O2/c1-12-9-14(19)6-7-16(12)22-18(24)11-21-17(23)8-5-13-3-2-4-15(20)10-13/h2-10H,11H2,1H3,(H,21,23)(H,22,24)/b8-5+. The van der Waals surface area contributed by atoms with Crippen molar-refractivity contribution >= 4 is 39.5 Å². The van der Waals surface area contributed by atoms with Gasteiger partial charge in [-0.2, -0.15) is 0 Å². The molecular weight excluding hydrogens is 375 g/mol. The fraction of sp³-hybridized carbons (Fsp3) is 0.111. The van der Waals surface area contributed by atoms with Gasteiger partial charge in [-0.05, 0) is 54.5 Å². The van der Waals surface area contributed by atoms with Crippen molar-refractivity contribution in [3.8, 4) is 0 Å². The normalized spacial score (nSPS) is 10.6. The first-order valence-corrected chi connectivity index (χ1v) is 8.01. The monoisotopic (exact) mass is 390 g/mol. The van der Waals surface area contributed by atoms with Crippen molar-refractivity contribution in [3.63, 3.8) is 0 Å². The Labute approximate surface area is 147 Å². The Morgan fingerprint density at radius 1 is 1.21 bits per heavy atom. The second-order valence-electron chi connectivity index (χ2n) is 5.11. The first kappa shape index (κ1) is 17.9. The van der Waals surface area contributed by atoms with E-state index in [4.69, 9.17) is 0 Å². The molecule has 0 saturated carbocycles. The molecular formula is C18H16BrFN2O2. The van der Waals surface area contributed by atoms with E-state index in [-0.39, 0.29) is 18.3 Å². The maximum Gasteiger partial charge on any atom is 0.244 e. The average molecular weight is 391 g/mol. The molecule has 0 spiro atoms. The van der Waals surface area contributed by atoms with E-state index in [1.54, 1.807) is 18.2 Å². The van der Waals surface area contributed by atoms with Crippen molar-refractivity contribution < 1.29 is 14.0 Å². The van der Waals surface area contributed by atoms with E-state index in [9.17, 15) is 14.0 Å². The van der Waals surface area contributed by atoms with Gasteiger partial charge in [0.25, 0.3) is 0 Å². The number of aryl methyl sites for hydroxylation is 1. The molecule has 24 heavy (non-hydrogen) atoms. The molecule has 0 radical (unpaired) electrons. The molecule has 0 aliphatic carbocycles. The zero-order chi connectivity index (χ0) is 17.5. The lowest BCUT2D eigenvalue weighted by atomic mass is 10.2. The molecule has 0 atom stereocenters. The van der Waals surface area contributed by atoms with Gasteiger partial charge in [0.15, 0.2) is 0 Å². The van der Waals surface area contributed by atoms with Crippen LogP contribution < -0.4 is 10.6 Å². The number of benzene rings is 2. The van der Waals surface area contributed by atoms with Gasteiger partial charge in [-0.1, -0.05) is 28.1 Å². The molecule has 0 bridgehead atoms. The number of rotatable bonds is 5. The number of hydrogen-bond donors (Lipinski definition) is 2. The zero-order valence-corrected chi connectivity index (χ0v) is 14.6. The Balaban J connectivity index is 1.83. The number of nitrogens with one attached hydrogen (secondary N) is 2. The lowest BCUT2D eigenvalue weighted by Crippen LogP contribution is -2.31. The van der Waals surface area contributed by atoms with E-state index < -0.39 is 5.91 Å². The van der Waals surface area contributed by atoms with Gasteiger partial charge >= 0.3 is 0 Å². The van der Waals surface area contributed by atoms with Crippen LogP contribution in [0.1, 0.15) is 11.1 Å². The van der Waals surface area contributed by atoms with Crippen molar-refractivity contribution in [1.82, 2.24) is 5.32 Å². The molecule has 4 nitrogen and oxygen atoms in total. The third-order valence-corrected chi connectivity index (χ3v) is 3.65. The van der Waals surface area contributed by atoms with Gasteiger partial charge in [0.1, 0.15) is 5.82 Å². The molecule has 0 aliphatic heterocycles. The van der Waals surface area contributed by atoms with Crippen LogP contribution in [0, 0.1) is 12.7 Å². The summed E-state index contributed by atoms with van der Waals surface area (Å²) in [5.74, 6) is -1.13. The maximum atomic E-state index is 13.0. The number of amides is 2. The molecule has 6 heteroatoms. The first-order valence-electron chi connectivity index (χ1n) is 7.21. The summed E-state index contributed by atoms with van der Waals surface area (Å²) in [4.78, 5) is 23.6. The smallest absolute Gasteiger partial charge is 0.244 e. The topological polar surface area (TPSA) is 58.2 Å². The molecule has 2 rings (SSSR count). The van der Waals surface area contributed by atoms with Gasteiger partial charge in [0.05, 0.1) is 6.54 Å². The highest BCUT2D eigenvalue weighted by Crippen LogP contribution is 2.19. The summed E-state index contributed by atoms with van der Waals surface area (Å²) in [7, 11) is 0. The van der Waals surface area contributed by atoms with Crippen LogP contribution in [0.25, 0.3) is 6.08 Å². The molecule has 124 valence electrons. The lowest BCUT2D eigenvalue weighted by molar-refractivity contribution is -0.121. The molecule has 2 aromatic carbocycles. The second kappa shape index (κ2) is 8.40. The van der Waals surface area contributed by atoms with E-state index in [1.165, 1.54) is 24.3 Å². The minimum atomic E-state index is -0.429. The van der Waals surface area contributed by atoms with Gasteiger partial charge < -0.3 is 10.6 Å². The molecule has 0 fully saturated rings. The fourth-order valence-electron chi connectivity index (χ4n) is 1.97. The Morgan fingerprint density at radius 2 is 2.00 bits per heavy atom. The summed E-state index contributed by atoms with van der Waals surface area (Å²) in [6, 6.07) is 11.4. The van der Waals surface area contributed by atoms with Crippen LogP contribution in [0.2, 0.25) is 0 Å². The van der Waals surface area contributed by atoms with Crippen LogP contribution in [-0.2, 0) is 9.59 Å². The Kier molecular flexibility index (Phi) is 6.26. The first-order chi connectivity index (χ1) is 11.4. The fourth-order valence-corrected chi connectivity index (χ4v) is 2.45. The lowest BCUT2D eigenvalue weighted by Gasteiger charge is -2.09. The van der Waals surface area contributed by atoms with E-state index in [2.05, 4.69) is 26.6 Å². The van der Waals surface area contributed by atoms with Gasteiger partial charge in [-0.15, -0.1) is 0 Å². The van der Waals surface area contributed by atoms with Crippen LogP contribution in [0.15, 0.2) is 53.0 Å². The van der Waals surface area contributed by atoms with E-state index in [0.717, 1.165) is 10.0 Å². The molecule has 2 N–H and O–H groups in total. The van der Waals surface area contributed by atoms with Crippen LogP contribution in [0.4, 0.5) is 10.1 Å². The SMILES string of the molecule is Cc1cc(Br)ccc1NC(=O)CNC(=O)/C=C/c1cccc(F)c1. The number of carbonyl (C=O) groups excluding carboxylic acids is 2. The van der Waals surface area contributed by atoms with Crippen LogP contribution in [0.3, 0.4) is 0 Å². The Bertz CT molecular complexity index is 790. The van der Waals surface area contributed by atoms with Crippen molar-refractivity contribution in [1.29, 1.82) is 0 Å². The summed E-state index contributed by atoms with van der Waals surface area (Å²) in [5, 5.41) is 5.20. The molecule has 0 unspecified atom stereocenters. The molecule has 2 amide bonds. The summed E-state index contributed by atoms with van der Waals surface area (Å²) >= 11 is 3.35. The molecule has 2 aromatic rings. The van der Waals surface area contributed by atoms with Gasteiger partial charge in [0, 0.05) is 16.2 Å². The summed E-state index contributed by atoms with van der Waals surface area (Å²) in [6.45, 7) is 1.72. The predicted octanol–water partition coefficient (Wildman–Crippen LogP) is 3.66. The zero-order valence-electron chi connectivity index (χ0n) is 13.0. The third kappa shape index (κ3) is 5.62. The maximum absolute atomic E-state index is 13.0. The Hall–Kier alpha value is -2.47. The minimum Gasteiger partial charge on any atom is -0.343 e. The predicted molar refractivity (Wildman–Crippen MR) is 96.0 cm³/mol. The van der Waals surface area contributed by atoms with Gasteiger partial charge in [-0.25, -0.2) is 4.39 Å². The van der Waals surface area contributed by atoms with Crippen LogP contribution in [0.5, 0.6) is 0 Å². The largest absolute Gasteiger partial charge is 0.343 e. The average Bonchev–Trinajstić information content (AvgIpc) is 2.54. The summed E-state index contributed by atoms with van der Waals surface area (Å²) in [5.41, 5.74) is 2.17. The van der Waals surface area contributed by atoms with Crippen LogP contribution >= 0.6 is 15.9 Å². The van der Waals surface area contributed by atoms with Crippen molar-refractivity contribution in [2.75, 3.05) is 11.9 Å². The van der Waals surface area contributed by atoms with Crippen molar-refractivity contribution in [3.05, 3.63) is 70.0 Å². The van der Waals surface area contributed by atoms with Crippen molar-refractivity contribution in [2.24, 2.45) is 0 Å². The highest BCUT2D eigenvalue weighted by atomic mass is 79.9. The van der Waals surface area contributed by atoms with Gasteiger partial charge in [0.2, 0.25) is 11.8 Å². The molecule has 0 saturated heterocycles. The van der Waals surface area contributed by atoms with E-state index in [0.29, 0.717) is 11.3 Å². The number of anilines is 1. The summed E-state index contributed by atoms with van der Waals surface area (Å²) in [6.07, 6.45) is 2.74. The molecule has 0 aromatic heterocycles. The minimum absolute atomic E-state index is 0.151. The van der Waals surface area contributed by atoms with E-state index >= 15 is 0 Å². The van der Waals surface area contributed by atoms with Crippen molar-refractivity contribution in [2.45, 2.75) is 6.92 Å². The van der Waals surface area contributed by atoms with Crippen LogP contribution in [-0.4, -0.2) is 18.4 Å². The summed E-state index contributed by atoms with van der Waals surface area (Å²) < 4.78 is 13.9. The number of carbonyl (C=O) groups is 2. The molecule has 0 heterocycles. The number of halogens is 2. The Morgan fingerprint density at radius 3 is 2.71 bits per heavy atom. The highest BCUT2D eigenvalue weighted by Gasteiger charge is 2.06. The second-order valence-corrected chi connectivity index (χ2v) is 6.03. The van der Waals surface area contributed by atoms with E-state index in [1.807, 2.05) is 19.1 Å². The molecule has 0 aliphatic rings.